The van der Waals surface area contributed by atoms with E-state index in [1.807, 2.05) is 7.11 Å². The normalized spacial score (nSPS) is 38.6. The molecule has 1 saturated carbocycles. The molecule has 1 N–H and O–H groups in total. The minimum atomic E-state index is 0.432. The van der Waals surface area contributed by atoms with Crippen LogP contribution in [0.4, 0.5) is 0 Å². The van der Waals surface area contributed by atoms with Crippen LogP contribution in [0.25, 0.3) is 0 Å². The average Bonchev–Trinajstić information content (AvgIpc) is 2.51. The van der Waals surface area contributed by atoms with Gasteiger partial charge in [0.15, 0.2) is 0 Å². The van der Waals surface area contributed by atoms with E-state index in [1.54, 1.807) is 0 Å². The third kappa shape index (κ3) is 4.67. The largest absolute Gasteiger partial charge is 0.380 e. The van der Waals surface area contributed by atoms with Crippen molar-refractivity contribution in [3.8, 4) is 0 Å². The third-order valence-electron chi connectivity index (χ3n) is 5.90. The minimum absolute atomic E-state index is 0.432. The zero-order valence-corrected chi connectivity index (χ0v) is 14.6. The SMILES string of the molecule is CCNC1CCC(CC)CC1CN1CCC(C)C(OC)C1. The monoisotopic (exact) mass is 296 g/mol. The molecule has 1 saturated heterocycles. The molecule has 3 nitrogen and oxygen atoms in total. The number of hydrogen-bond donors (Lipinski definition) is 1. The van der Waals surface area contributed by atoms with Crippen molar-refractivity contribution in [1.82, 2.24) is 10.2 Å². The summed E-state index contributed by atoms with van der Waals surface area (Å²) in [6.07, 6.45) is 7.28. The number of piperidine rings is 1. The van der Waals surface area contributed by atoms with E-state index < -0.39 is 0 Å². The van der Waals surface area contributed by atoms with Gasteiger partial charge >= 0.3 is 0 Å². The van der Waals surface area contributed by atoms with Gasteiger partial charge in [-0.2, -0.15) is 0 Å². The lowest BCUT2D eigenvalue weighted by molar-refractivity contribution is -0.0141. The molecule has 1 heterocycles. The van der Waals surface area contributed by atoms with E-state index in [1.165, 1.54) is 45.2 Å². The molecule has 0 spiro atoms. The van der Waals surface area contributed by atoms with Crippen LogP contribution in [0, 0.1) is 17.8 Å². The molecule has 0 aromatic rings. The standard InChI is InChI=1S/C18H36N2O/c1-5-15-7-8-17(19-6-2)16(11-15)12-20-10-9-14(3)18(13-20)21-4/h14-19H,5-13H2,1-4H3. The van der Waals surface area contributed by atoms with Crippen LogP contribution >= 0.6 is 0 Å². The van der Waals surface area contributed by atoms with Gasteiger partial charge in [-0.3, -0.25) is 0 Å². The molecule has 5 atom stereocenters. The molecule has 124 valence electrons. The van der Waals surface area contributed by atoms with E-state index in [9.17, 15) is 0 Å². The van der Waals surface area contributed by atoms with Crippen LogP contribution in [0.5, 0.6) is 0 Å². The summed E-state index contributed by atoms with van der Waals surface area (Å²) in [6.45, 7) is 11.7. The van der Waals surface area contributed by atoms with Crippen molar-refractivity contribution in [2.45, 2.75) is 65.0 Å². The zero-order chi connectivity index (χ0) is 15.2. The number of nitrogens with zero attached hydrogens (tertiary/aromatic N) is 1. The Bertz CT molecular complexity index is 297. The summed E-state index contributed by atoms with van der Waals surface area (Å²) in [6, 6.07) is 0.734. The molecule has 1 aliphatic heterocycles. The Morgan fingerprint density at radius 2 is 2.00 bits per heavy atom. The third-order valence-corrected chi connectivity index (χ3v) is 5.90. The summed E-state index contributed by atoms with van der Waals surface area (Å²) in [5.74, 6) is 2.49. The van der Waals surface area contributed by atoms with Gasteiger partial charge in [0.05, 0.1) is 6.10 Å². The average molecular weight is 296 g/mol. The molecular formula is C18H36N2O. The summed E-state index contributed by atoms with van der Waals surface area (Å²) in [4.78, 5) is 2.67. The van der Waals surface area contributed by atoms with Gasteiger partial charge < -0.3 is 15.0 Å². The van der Waals surface area contributed by atoms with Crippen LogP contribution in [0.2, 0.25) is 0 Å². The summed E-state index contributed by atoms with van der Waals surface area (Å²) >= 11 is 0. The molecular weight excluding hydrogens is 260 g/mol. The van der Waals surface area contributed by atoms with Crippen LogP contribution in [-0.2, 0) is 4.74 Å². The van der Waals surface area contributed by atoms with Gasteiger partial charge in [0.1, 0.15) is 0 Å². The van der Waals surface area contributed by atoms with Gasteiger partial charge in [-0.25, -0.2) is 0 Å². The van der Waals surface area contributed by atoms with E-state index in [2.05, 4.69) is 31.0 Å². The lowest BCUT2D eigenvalue weighted by Gasteiger charge is -2.42. The quantitative estimate of drug-likeness (QED) is 0.815. The first-order chi connectivity index (χ1) is 10.2. The highest BCUT2D eigenvalue weighted by Gasteiger charge is 2.33. The molecule has 0 aromatic carbocycles. The molecule has 2 fully saturated rings. The Morgan fingerprint density at radius 1 is 1.19 bits per heavy atom. The van der Waals surface area contributed by atoms with Crippen LogP contribution in [-0.4, -0.2) is 50.3 Å². The van der Waals surface area contributed by atoms with E-state index in [0.717, 1.165) is 31.0 Å². The van der Waals surface area contributed by atoms with E-state index in [0.29, 0.717) is 12.0 Å². The number of ether oxygens (including phenoxy) is 1. The van der Waals surface area contributed by atoms with Gasteiger partial charge in [0.25, 0.3) is 0 Å². The highest BCUT2D eigenvalue weighted by atomic mass is 16.5. The molecule has 0 bridgehead atoms. The lowest BCUT2D eigenvalue weighted by atomic mass is 9.76. The summed E-state index contributed by atoms with van der Waals surface area (Å²) < 4.78 is 5.68. The number of methoxy groups -OCH3 is 1. The minimum Gasteiger partial charge on any atom is -0.380 e. The van der Waals surface area contributed by atoms with E-state index >= 15 is 0 Å². The van der Waals surface area contributed by atoms with Crippen molar-refractivity contribution in [1.29, 1.82) is 0 Å². The smallest absolute Gasteiger partial charge is 0.0724 e. The second kappa shape index (κ2) is 8.50. The first-order valence-electron chi connectivity index (χ1n) is 9.16. The second-order valence-electron chi connectivity index (χ2n) is 7.31. The maximum absolute atomic E-state index is 5.68. The molecule has 0 radical (unpaired) electrons. The van der Waals surface area contributed by atoms with Crippen molar-refractivity contribution < 1.29 is 4.74 Å². The van der Waals surface area contributed by atoms with Gasteiger partial charge in [-0.05, 0) is 56.5 Å². The molecule has 5 unspecified atom stereocenters. The summed E-state index contributed by atoms with van der Waals surface area (Å²) in [5.41, 5.74) is 0. The first kappa shape index (κ1) is 17.2. The molecule has 0 aromatic heterocycles. The number of nitrogens with one attached hydrogen (secondary N) is 1. The topological polar surface area (TPSA) is 24.5 Å². The Labute approximate surface area is 131 Å². The maximum atomic E-state index is 5.68. The predicted octanol–water partition coefficient (Wildman–Crippen LogP) is 3.15. The van der Waals surface area contributed by atoms with Crippen LogP contribution < -0.4 is 5.32 Å². The molecule has 21 heavy (non-hydrogen) atoms. The maximum Gasteiger partial charge on any atom is 0.0724 e. The van der Waals surface area contributed by atoms with Crippen LogP contribution in [0.15, 0.2) is 0 Å². The van der Waals surface area contributed by atoms with Gasteiger partial charge in [0.2, 0.25) is 0 Å². The number of likely N-dealkylation sites (tertiary alicyclic amines) is 1. The highest BCUT2D eigenvalue weighted by molar-refractivity contribution is 4.88. The van der Waals surface area contributed by atoms with Crippen molar-refractivity contribution >= 4 is 0 Å². The summed E-state index contributed by atoms with van der Waals surface area (Å²) in [5, 5.41) is 3.74. The molecule has 2 rings (SSSR count). The Balaban J connectivity index is 1.91. The second-order valence-corrected chi connectivity index (χ2v) is 7.31. The fourth-order valence-electron chi connectivity index (χ4n) is 4.37. The molecule has 0 amide bonds. The Kier molecular flexibility index (Phi) is 6.97. The fraction of sp³-hybridized carbons (Fsp3) is 1.00. The predicted molar refractivity (Wildman–Crippen MR) is 89.6 cm³/mol. The van der Waals surface area contributed by atoms with Crippen molar-refractivity contribution in [2.75, 3.05) is 33.3 Å². The van der Waals surface area contributed by atoms with Crippen LogP contribution in [0.3, 0.4) is 0 Å². The zero-order valence-electron chi connectivity index (χ0n) is 14.6. The van der Waals surface area contributed by atoms with Crippen molar-refractivity contribution in [3.05, 3.63) is 0 Å². The Morgan fingerprint density at radius 3 is 2.67 bits per heavy atom. The van der Waals surface area contributed by atoms with Gasteiger partial charge in [-0.15, -0.1) is 0 Å². The van der Waals surface area contributed by atoms with Crippen molar-refractivity contribution in [2.24, 2.45) is 17.8 Å². The van der Waals surface area contributed by atoms with Gasteiger partial charge in [0, 0.05) is 26.2 Å². The van der Waals surface area contributed by atoms with Gasteiger partial charge in [-0.1, -0.05) is 27.2 Å². The van der Waals surface area contributed by atoms with Crippen molar-refractivity contribution in [3.63, 3.8) is 0 Å². The number of hydrogen-bond acceptors (Lipinski definition) is 3. The lowest BCUT2D eigenvalue weighted by Crippen LogP contribution is -2.50. The van der Waals surface area contributed by atoms with E-state index in [4.69, 9.17) is 4.74 Å². The highest BCUT2D eigenvalue weighted by Crippen LogP contribution is 2.33. The summed E-state index contributed by atoms with van der Waals surface area (Å²) in [7, 11) is 1.87. The fourth-order valence-corrected chi connectivity index (χ4v) is 4.37. The molecule has 3 heteroatoms. The van der Waals surface area contributed by atoms with E-state index in [-0.39, 0.29) is 0 Å². The molecule has 2 aliphatic rings. The first-order valence-corrected chi connectivity index (χ1v) is 9.16. The Hall–Kier alpha value is -0.120. The number of rotatable bonds is 6. The van der Waals surface area contributed by atoms with Crippen LogP contribution in [0.1, 0.15) is 52.9 Å². The molecule has 1 aliphatic carbocycles.